The first kappa shape index (κ1) is 19.8. The van der Waals surface area contributed by atoms with Crippen molar-refractivity contribution < 1.29 is 14.3 Å². The number of benzene rings is 2. The minimum absolute atomic E-state index is 0.0484. The first-order chi connectivity index (χ1) is 13.7. The van der Waals surface area contributed by atoms with E-state index in [0.29, 0.717) is 24.5 Å². The minimum atomic E-state index is -0.285. The molecule has 0 aliphatic heterocycles. The Morgan fingerprint density at radius 2 is 1.86 bits per heavy atom. The molecule has 0 bridgehead atoms. The van der Waals surface area contributed by atoms with Gasteiger partial charge in [0.2, 0.25) is 5.91 Å². The summed E-state index contributed by atoms with van der Waals surface area (Å²) < 4.78 is 6.52. The third-order valence-electron chi connectivity index (χ3n) is 4.06. The van der Waals surface area contributed by atoms with Gasteiger partial charge >= 0.3 is 0 Å². The molecule has 7 heteroatoms. The first-order valence-corrected chi connectivity index (χ1v) is 10.1. The van der Waals surface area contributed by atoms with Crippen molar-refractivity contribution in [2.45, 2.75) is 19.8 Å². The van der Waals surface area contributed by atoms with Crippen LogP contribution in [0.4, 0.5) is 0 Å². The van der Waals surface area contributed by atoms with Crippen LogP contribution >= 0.6 is 11.3 Å². The molecule has 0 saturated heterocycles. The second kappa shape index (κ2) is 9.85. The van der Waals surface area contributed by atoms with Crippen molar-refractivity contribution >= 4 is 33.4 Å². The second-order valence-electron chi connectivity index (χ2n) is 6.17. The lowest BCUT2D eigenvalue weighted by atomic mass is 10.2. The Bertz CT molecular complexity index is 904. The Morgan fingerprint density at radius 3 is 2.61 bits per heavy atom. The number of rotatable bonds is 9. The van der Waals surface area contributed by atoms with Crippen molar-refractivity contribution in [3.63, 3.8) is 0 Å². The molecule has 2 N–H and O–H groups in total. The number of thiazole rings is 1. The molecule has 0 aliphatic rings. The molecule has 0 saturated carbocycles. The van der Waals surface area contributed by atoms with Gasteiger partial charge in [0.05, 0.1) is 28.4 Å². The van der Waals surface area contributed by atoms with Crippen LogP contribution < -0.4 is 15.4 Å². The lowest BCUT2D eigenvalue weighted by molar-refractivity contribution is -0.120. The minimum Gasteiger partial charge on any atom is -0.494 e. The highest BCUT2D eigenvalue weighted by atomic mass is 32.1. The average Bonchev–Trinajstić information content (AvgIpc) is 3.13. The molecule has 28 heavy (non-hydrogen) atoms. The zero-order chi connectivity index (χ0) is 19.8. The van der Waals surface area contributed by atoms with E-state index in [1.165, 1.54) is 4.70 Å². The number of amides is 2. The molecule has 0 unspecified atom stereocenters. The van der Waals surface area contributed by atoms with Gasteiger partial charge in [-0.3, -0.25) is 9.59 Å². The summed E-state index contributed by atoms with van der Waals surface area (Å²) in [6, 6.07) is 14.9. The maximum atomic E-state index is 12.1. The summed E-state index contributed by atoms with van der Waals surface area (Å²) in [6.45, 7) is 2.98. The molecule has 1 heterocycles. The van der Waals surface area contributed by atoms with E-state index >= 15 is 0 Å². The summed E-state index contributed by atoms with van der Waals surface area (Å²) in [5.74, 6) is 0.223. The van der Waals surface area contributed by atoms with E-state index < -0.39 is 0 Å². The fourth-order valence-electron chi connectivity index (χ4n) is 2.69. The molecule has 2 aromatic carbocycles. The maximum Gasteiger partial charge on any atom is 0.251 e. The van der Waals surface area contributed by atoms with Gasteiger partial charge in [0.25, 0.3) is 5.91 Å². The fraction of sp³-hybridized carbons (Fsp3) is 0.286. The number of aryl methyl sites for hydroxylation is 1. The molecule has 0 fully saturated rings. The standard InChI is InChI=1S/C21H23N3O3S/c1-2-27-16-11-9-15(10-12-16)21(26)23-14-19(25)22-13-5-8-20-24-17-6-3-4-7-18(17)28-20/h3-4,6-7,9-12H,2,5,8,13-14H2,1H3,(H,22,25)(H,23,26). The van der Waals surface area contributed by atoms with E-state index in [0.717, 1.165) is 23.4 Å². The summed E-state index contributed by atoms with van der Waals surface area (Å²) in [4.78, 5) is 28.6. The zero-order valence-electron chi connectivity index (χ0n) is 15.7. The lowest BCUT2D eigenvalue weighted by Gasteiger charge is -2.07. The van der Waals surface area contributed by atoms with Crippen LogP contribution in [0.1, 0.15) is 28.7 Å². The monoisotopic (exact) mass is 397 g/mol. The van der Waals surface area contributed by atoms with Gasteiger partial charge in [-0.15, -0.1) is 11.3 Å². The number of para-hydroxylation sites is 1. The number of hydrogen-bond acceptors (Lipinski definition) is 5. The van der Waals surface area contributed by atoms with Crippen molar-refractivity contribution in [2.24, 2.45) is 0 Å². The number of fused-ring (bicyclic) bond motifs is 1. The van der Waals surface area contributed by atoms with E-state index in [9.17, 15) is 9.59 Å². The Labute approximate surface area is 167 Å². The van der Waals surface area contributed by atoms with Gasteiger partial charge in [0.15, 0.2) is 0 Å². The van der Waals surface area contributed by atoms with Crippen LogP contribution in [0.5, 0.6) is 5.75 Å². The maximum absolute atomic E-state index is 12.1. The van der Waals surface area contributed by atoms with Crippen LogP contribution in [0.3, 0.4) is 0 Å². The number of carbonyl (C=O) groups is 2. The molecule has 2 amide bonds. The first-order valence-electron chi connectivity index (χ1n) is 9.28. The van der Waals surface area contributed by atoms with Crippen LogP contribution in [-0.2, 0) is 11.2 Å². The zero-order valence-corrected chi connectivity index (χ0v) is 16.6. The smallest absolute Gasteiger partial charge is 0.251 e. The molecular weight excluding hydrogens is 374 g/mol. The topological polar surface area (TPSA) is 80.3 Å². The SMILES string of the molecule is CCOc1ccc(C(=O)NCC(=O)NCCCc2nc3ccccc3s2)cc1. The molecule has 0 radical (unpaired) electrons. The Balaban J connectivity index is 1.35. The van der Waals surface area contributed by atoms with E-state index in [-0.39, 0.29) is 18.4 Å². The lowest BCUT2D eigenvalue weighted by Crippen LogP contribution is -2.37. The van der Waals surface area contributed by atoms with Gasteiger partial charge in [-0.1, -0.05) is 12.1 Å². The molecule has 0 aliphatic carbocycles. The van der Waals surface area contributed by atoms with Crippen molar-refractivity contribution in [3.8, 4) is 5.75 Å². The number of aromatic nitrogens is 1. The highest BCUT2D eigenvalue weighted by Gasteiger charge is 2.08. The molecule has 6 nitrogen and oxygen atoms in total. The number of hydrogen-bond donors (Lipinski definition) is 2. The quantitative estimate of drug-likeness (QED) is 0.544. The Morgan fingerprint density at radius 1 is 1.07 bits per heavy atom. The van der Waals surface area contributed by atoms with Gasteiger partial charge in [-0.25, -0.2) is 4.98 Å². The van der Waals surface area contributed by atoms with Crippen LogP contribution in [0.15, 0.2) is 48.5 Å². The fourth-order valence-corrected chi connectivity index (χ4v) is 3.70. The summed E-state index contributed by atoms with van der Waals surface area (Å²) in [5, 5.41) is 6.52. The third kappa shape index (κ3) is 5.53. The third-order valence-corrected chi connectivity index (χ3v) is 5.16. The normalized spacial score (nSPS) is 10.6. The van der Waals surface area contributed by atoms with Crippen molar-refractivity contribution in [3.05, 3.63) is 59.1 Å². The molecule has 1 aromatic heterocycles. The molecule has 3 aromatic rings. The Hall–Kier alpha value is -2.93. The van der Waals surface area contributed by atoms with Gasteiger partial charge in [0.1, 0.15) is 5.75 Å². The largest absolute Gasteiger partial charge is 0.494 e. The summed E-state index contributed by atoms with van der Waals surface area (Å²) >= 11 is 1.68. The van der Waals surface area contributed by atoms with Crippen molar-refractivity contribution in [1.82, 2.24) is 15.6 Å². The predicted molar refractivity (Wildman–Crippen MR) is 111 cm³/mol. The molecule has 3 rings (SSSR count). The molecule has 0 atom stereocenters. The van der Waals surface area contributed by atoms with Crippen molar-refractivity contribution in [2.75, 3.05) is 19.7 Å². The number of carbonyl (C=O) groups excluding carboxylic acids is 2. The van der Waals surface area contributed by atoms with E-state index in [2.05, 4.69) is 21.7 Å². The highest BCUT2D eigenvalue weighted by Crippen LogP contribution is 2.22. The van der Waals surface area contributed by atoms with Crippen LogP contribution in [-0.4, -0.2) is 36.5 Å². The number of nitrogens with one attached hydrogen (secondary N) is 2. The Kier molecular flexibility index (Phi) is 6.97. The van der Waals surface area contributed by atoms with Crippen molar-refractivity contribution in [1.29, 1.82) is 0 Å². The van der Waals surface area contributed by atoms with Crippen LogP contribution in [0.25, 0.3) is 10.2 Å². The van der Waals surface area contributed by atoms with Gasteiger partial charge < -0.3 is 15.4 Å². The van der Waals surface area contributed by atoms with Crippen LogP contribution in [0.2, 0.25) is 0 Å². The summed E-state index contributed by atoms with van der Waals surface area (Å²) in [7, 11) is 0. The highest BCUT2D eigenvalue weighted by molar-refractivity contribution is 7.18. The number of nitrogens with zero attached hydrogens (tertiary/aromatic N) is 1. The van der Waals surface area contributed by atoms with Gasteiger partial charge in [0, 0.05) is 18.5 Å². The van der Waals surface area contributed by atoms with Crippen LogP contribution in [0, 0.1) is 0 Å². The molecular formula is C21H23N3O3S. The van der Waals surface area contributed by atoms with Gasteiger partial charge in [-0.2, -0.15) is 0 Å². The second-order valence-corrected chi connectivity index (χ2v) is 7.28. The number of ether oxygens (including phenoxy) is 1. The van der Waals surface area contributed by atoms with Gasteiger partial charge in [-0.05, 0) is 49.7 Å². The van der Waals surface area contributed by atoms with E-state index in [1.54, 1.807) is 35.6 Å². The summed E-state index contributed by atoms with van der Waals surface area (Å²) in [6.07, 6.45) is 1.62. The predicted octanol–water partition coefficient (Wildman–Crippen LogP) is 3.17. The molecule has 146 valence electrons. The average molecular weight is 398 g/mol. The van der Waals surface area contributed by atoms with E-state index in [1.807, 2.05) is 25.1 Å². The van der Waals surface area contributed by atoms with E-state index in [4.69, 9.17) is 4.74 Å². The summed E-state index contributed by atoms with van der Waals surface area (Å²) in [5.41, 5.74) is 1.51. The molecule has 0 spiro atoms.